The predicted octanol–water partition coefficient (Wildman–Crippen LogP) is 3.16. The lowest BCUT2D eigenvalue weighted by atomic mass is 10.0. The van der Waals surface area contributed by atoms with Gasteiger partial charge in [0.1, 0.15) is 5.75 Å². The molecule has 31 heavy (non-hydrogen) atoms. The van der Waals surface area contributed by atoms with Gasteiger partial charge in [-0.05, 0) is 49.2 Å². The van der Waals surface area contributed by atoms with Crippen molar-refractivity contribution in [3.63, 3.8) is 0 Å². The number of aromatic nitrogens is 4. The molecule has 0 aliphatic heterocycles. The second-order valence-corrected chi connectivity index (χ2v) is 8.21. The summed E-state index contributed by atoms with van der Waals surface area (Å²) in [6.45, 7) is 5.29. The van der Waals surface area contributed by atoms with Gasteiger partial charge in [0, 0.05) is 23.6 Å². The van der Waals surface area contributed by atoms with Crippen LogP contribution in [0.5, 0.6) is 5.75 Å². The predicted molar refractivity (Wildman–Crippen MR) is 119 cm³/mol. The van der Waals surface area contributed by atoms with E-state index < -0.39 is 6.04 Å². The summed E-state index contributed by atoms with van der Waals surface area (Å²) in [6, 6.07) is 10.7. The molecule has 2 aromatic heterocycles. The first-order valence-electron chi connectivity index (χ1n) is 9.83. The monoisotopic (exact) mass is 439 g/mol. The molecule has 1 unspecified atom stereocenters. The third-order valence-corrected chi connectivity index (χ3v) is 5.58. The number of rotatable bonds is 9. The average Bonchev–Trinajstić information content (AvgIpc) is 3.20. The third-order valence-electron chi connectivity index (χ3n) is 4.66. The van der Waals surface area contributed by atoms with Crippen LogP contribution < -0.4 is 10.1 Å². The number of hydrogen-bond donors (Lipinski definition) is 1. The van der Waals surface area contributed by atoms with Crippen LogP contribution in [0.15, 0.2) is 53.9 Å². The summed E-state index contributed by atoms with van der Waals surface area (Å²) >= 11 is 1.26. The van der Waals surface area contributed by atoms with E-state index in [1.54, 1.807) is 19.5 Å². The number of Topliss-reactive ketones (excluding diaryl/α,β-unsaturated/α-hetero) is 1. The number of methoxy groups -OCH3 is 1. The SMILES string of the molecule is COc1ccc(-n2c(SCC(=O)NC(C(C)=O)C(C)C)nnc2-c2ccncc2)cc1. The number of amides is 1. The van der Waals surface area contributed by atoms with Gasteiger partial charge in [0.15, 0.2) is 16.8 Å². The molecule has 0 aliphatic carbocycles. The number of hydrogen-bond acceptors (Lipinski definition) is 7. The van der Waals surface area contributed by atoms with Crippen LogP contribution in [0.25, 0.3) is 17.1 Å². The molecule has 1 amide bonds. The van der Waals surface area contributed by atoms with Crippen LogP contribution in [-0.2, 0) is 9.59 Å². The van der Waals surface area contributed by atoms with Gasteiger partial charge in [-0.2, -0.15) is 0 Å². The maximum atomic E-state index is 12.5. The highest BCUT2D eigenvalue weighted by atomic mass is 32.2. The van der Waals surface area contributed by atoms with Gasteiger partial charge >= 0.3 is 0 Å². The molecule has 1 atom stereocenters. The lowest BCUT2D eigenvalue weighted by molar-refractivity contribution is -0.126. The van der Waals surface area contributed by atoms with E-state index in [1.165, 1.54) is 18.7 Å². The number of benzene rings is 1. The zero-order valence-electron chi connectivity index (χ0n) is 17.9. The summed E-state index contributed by atoms with van der Waals surface area (Å²) in [7, 11) is 1.61. The maximum absolute atomic E-state index is 12.5. The molecule has 162 valence electrons. The van der Waals surface area contributed by atoms with Gasteiger partial charge in [0.2, 0.25) is 5.91 Å². The van der Waals surface area contributed by atoms with Crippen molar-refractivity contribution in [1.29, 1.82) is 0 Å². The molecule has 0 fully saturated rings. The molecule has 3 aromatic rings. The number of carbonyl (C=O) groups is 2. The molecule has 8 nitrogen and oxygen atoms in total. The Labute approximate surface area is 185 Å². The van der Waals surface area contributed by atoms with E-state index in [9.17, 15) is 9.59 Å². The molecule has 0 saturated carbocycles. The van der Waals surface area contributed by atoms with E-state index in [-0.39, 0.29) is 23.4 Å². The van der Waals surface area contributed by atoms with Gasteiger partial charge < -0.3 is 10.1 Å². The molecule has 3 rings (SSSR count). The Morgan fingerprint density at radius 1 is 1.10 bits per heavy atom. The Kier molecular flexibility index (Phi) is 7.41. The normalized spacial score (nSPS) is 11.9. The van der Waals surface area contributed by atoms with Gasteiger partial charge in [-0.25, -0.2) is 0 Å². The second kappa shape index (κ2) is 10.2. The van der Waals surface area contributed by atoms with E-state index in [4.69, 9.17) is 4.74 Å². The molecular formula is C22H25N5O3S. The summed E-state index contributed by atoms with van der Waals surface area (Å²) in [5.74, 6) is 1.22. The Hall–Kier alpha value is -3.20. The topological polar surface area (TPSA) is 99.0 Å². The highest BCUT2D eigenvalue weighted by molar-refractivity contribution is 7.99. The van der Waals surface area contributed by atoms with E-state index in [1.807, 2.05) is 54.8 Å². The van der Waals surface area contributed by atoms with Crippen LogP contribution in [0.2, 0.25) is 0 Å². The van der Waals surface area contributed by atoms with Gasteiger partial charge in [-0.3, -0.25) is 19.1 Å². The molecule has 0 saturated heterocycles. The van der Waals surface area contributed by atoms with Crippen molar-refractivity contribution in [2.24, 2.45) is 5.92 Å². The quantitative estimate of drug-likeness (QED) is 0.511. The van der Waals surface area contributed by atoms with Gasteiger partial charge in [0.25, 0.3) is 0 Å². The number of nitrogens with zero attached hydrogens (tertiary/aromatic N) is 4. The van der Waals surface area contributed by atoms with Gasteiger partial charge in [-0.15, -0.1) is 10.2 Å². The van der Waals surface area contributed by atoms with Crippen molar-refractivity contribution >= 4 is 23.5 Å². The van der Waals surface area contributed by atoms with Crippen LogP contribution in [0.3, 0.4) is 0 Å². The first-order valence-corrected chi connectivity index (χ1v) is 10.8. The summed E-state index contributed by atoms with van der Waals surface area (Å²) in [5.41, 5.74) is 1.69. The molecule has 9 heteroatoms. The van der Waals surface area contributed by atoms with Crippen molar-refractivity contribution in [1.82, 2.24) is 25.1 Å². The van der Waals surface area contributed by atoms with E-state index in [2.05, 4.69) is 20.5 Å². The Bertz CT molecular complexity index is 1040. The second-order valence-electron chi connectivity index (χ2n) is 7.26. The number of pyridine rings is 1. The fraction of sp³-hybridized carbons (Fsp3) is 0.318. The van der Waals surface area contributed by atoms with Crippen LogP contribution in [0.4, 0.5) is 0 Å². The van der Waals surface area contributed by atoms with Crippen molar-refractivity contribution in [3.8, 4) is 22.8 Å². The van der Waals surface area contributed by atoms with E-state index >= 15 is 0 Å². The Morgan fingerprint density at radius 3 is 2.35 bits per heavy atom. The zero-order chi connectivity index (χ0) is 22.4. The third kappa shape index (κ3) is 5.49. The maximum Gasteiger partial charge on any atom is 0.231 e. The largest absolute Gasteiger partial charge is 0.497 e. The van der Waals surface area contributed by atoms with Gasteiger partial charge in [0.05, 0.1) is 18.9 Å². The highest BCUT2D eigenvalue weighted by Crippen LogP contribution is 2.28. The van der Waals surface area contributed by atoms with E-state index in [0.717, 1.165) is 17.0 Å². The molecule has 1 aromatic carbocycles. The standard InChI is InChI=1S/C22H25N5O3S/c1-14(2)20(15(3)28)24-19(29)13-31-22-26-25-21(16-9-11-23-12-10-16)27(22)17-5-7-18(30-4)8-6-17/h5-12,14,20H,13H2,1-4H3,(H,24,29). The smallest absolute Gasteiger partial charge is 0.231 e. The number of ether oxygens (including phenoxy) is 1. The number of ketones is 1. The fourth-order valence-electron chi connectivity index (χ4n) is 3.10. The van der Waals surface area contributed by atoms with Crippen molar-refractivity contribution < 1.29 is 14.3 Å². The highest BCUT2D eigenvalue weighted by Gasteiger charge is 2.22. The summed E-state index contributed by atoms with van der Waals surface area (Å²) < 4.78 is 7.14. The van der Waals surface area contributed by atoms with Crippen LogP contribution in [-0.4, -0.2) is 50.3 Å². The van der Waals surface area contributed by atoms with Crippen molar-refractivity contribution in [3.05, 3.63) is 48.8 Å². The fourth-order valence-corrected chi connectivity index (χ4v) is 3.86. The minimum atomic E-state index is -0.500. The molecule has 0 aliphatic rings. The Balaban J connectivity index is 1.87. The van der Waals surface area contributed by atoms with Crippen molar-refractivity contribution in [2.45, 2.75) is 32.0 Å². The number of thioether (sulfide) groups is 1. The average molecular weight is 440 g/mol. The summed E-state index contributed by atoms with van der Waals surface area (Å²) in [6.07, 6.45) is 3.38. The van der Waals surface area contributed by atoms with Crippen LogP contribution in [0.1, 0.15) is 20.8 Å². The van der Waals surface area contributed by atoms with Crippen LogP contribution in [0, 0.1) is 5.92 Å². The molecular weight excluding hydrogens is 414 g/mol. The molecule has 0 spiro atoms. The lowest BCUT2D eigenvalue weighted by Crippen LogP contribution is -2.44. The molecule has 1 N–H and O–H groups in total. The zero-order valence-corrected chi connectivity index (χ0v) is 18.7. The van der Waals surface area contributed by atoms with E-state index in [0.29, 0.717) is 11.0 Å². The van der Waals surface area contributed by atoms with Gasteiger partial charge in [-0.1, -0.05) is 25.6 Å². The molecule has 0 radical (unpaired) electrons. The minimum absolute atomic E-state index is 0.0210. The number of carbonyl (C=O) groups excluding carboxylic acids is 2. The van der Waals surface area contributed by atoms with Crippen LogP contribution >= 0.6 is 11.8 Å². The lowest BCUT2D eigenvalue weighted by Gasteiger charge is -2.19. The minimum Gasteiger partial charge on any atom is -0.497 e. The molecule has 2 heterocycles. The van der Waals surface area contributed by atoms with Crippen molar-refractivity contribution in [2.75, 3.05) is 12.9 Å². The Morgan fingerprint density at radius 2 is 1.77 bits per heavy atom. The number of nitrogens with one attached hydrogen (secondary N) is 1. The first kappa shape index (κ1) is 22.5. The summed E-state index contributed by atoms with van der Waals surface area (Å²) in [4.78, 5) is 28.3. The molecule has 0 bridgehead atoms. The summed E-state index contributed by atoms with van der Waals surface area (Å²) in [5, 5.41) is 12.0. The first-order chi connectivity index (χ1) is 14.9.